The number of benzene rings is 1. The van der Waals surface area contributed by atoms with Gasteiger partial charge in [0.2, 0.25) is 11.8 Å². The summed E-state index contributed by atoms with van der Waals surface area (Å²) >= 11 is 0. The van der Waals surface area contributed by atoms with E-state index in [4.69, 9.17) is 4.74 Å². The van der Waals surface area contributed by atoms with Crippen molar-refractivity contribution in [2.75, 3.05) is 25.1 Å². The molecule has 136 valence electrons. The molecule has 0 unspecified atom stereocenters. The van der Waals surface area contributed by atoms with Crippen molar-refractivity contribution in [3.8, 4) is 5.75 Å². The maximum absolute atomic E-state index is 12.8. The number of ether oxygens (including phenoxy) is 1. The van der Waals surface area contributed by atoms with E-state index in [0.29, 0.717) is 12.5 Å². The van der Waals surface area contributed by atoms with Crippen molar-refractivity contribution in [2.24, 2.45) is 11.8 Å². The Bertz CT molecular complexity index is 653. The van der Waals surface area contributed by atoms with Crippen LogP contribution < -0.4 is 9.64 Å². The molecule has 2 amide bonds. The number of nitrogens with zero attached hydrogens (tertiary/aromatic N) is 2. The molecule has 0 aromatic heterocycles. The van der Waals surface area contributed by atoms with E-state index in [1.54, 1.807) is 12.0 Å². The third kappa shape index (κ3) is 3.51. The van der Waals surface area contributed by atoms with Gasteiger partial charge in [-0.1, -0.05) is 13.3 Å². The summed E-state index contributed by atoms with van der Waals surface area (Å²) < 4.78 is 5.19. The SMILES string of the molecule is CCC[C@H]1C[C@H]1C(=O)N1CC(=O)N(c2ccc(OC)cc2)C(C)(C)C1. The Labute approximate surface area is 149 Å². The molecular weight excluding hydrogens is 316 g/mol. The lowest BCUT2D eigenvalue weighted by molar-refractivity contribution is -0.140. The minimum atomic E-state index is -0.436. The number of carbonyl (C=O) groups excluding carboxylic acids is 2. The first-order valence-electron chi connectivity index (χ1n) is 9.13. The van der Waals surface area contributed by atoms with Gasteiger partial charge in [0.1, 0.15) is 12.3 Å². The Kier molecular flexibility index (Phi) is 4.76. The topological polar surface area (TPSA) is 49.9 Å². The van der Waals surface area contributed by atoms with Crippen LogP contribution in [0.2, 0.25) is 0 Å². The fourth-order valence-corrected chi connectivity index (χ4v) is 4.02. The first-order valence-corrected chi connectivity index (χ1v) is 9.13. The van der Waals surface area contributed by atoms with E-state index >= 15 is 0 Å². The van der Waals surface area contributed by atoms with Gasteiger partial charge in [-0.15, -0.1) is 0 Å². The van der Waals surface area contributed by atoms with Gasteiger partial charge in [-0.2, -0.15) is 0 Å². The van der Waals surface area contributed by atoms with Crippen LogP contribution in [0.5, 0.6) is 5.75 Å². The smallest absolute Gasteiger partial charge is 0.247 e. The average molecular weight is 344 g/mol. The van der Waals surface area contributed by atoms with Crippen LogP contribution in [0.1, 0.15) is 40.0 Å². The van der Waals surface area contributed by atoms with Gasteiger partial charge in [0, 0.05) is 18.2 Å². The van der Waals surface area contributed by atoms with Crippen molar-refractivity contribution < 1.29 is 14.3 Å². The van der Waals surface area contributed by atoms with Gasteiger partial charge in [0.15, 0.2) is 0 Å². The predicted octanol–water partition coefficient (Wildman–Crippen LogP) is 3.09. The summed E-state index contributed by atoms with van der Waals surface area (Å²) in [6.07, 6.45) is 3.21. The molecule has 1 aliphatic carbocycles. The van der Waals surface area contributed by atoms with Crippen molar-refractivity contribution >= 4 is 17.5 Å². The molecule has 1 aliphatic heterocycles. The van der Waals surface area contributed by atoms with Crippen LogP contribution in [0.4, 0.5) is 5.69 Å². The second-order valence-corrected chi connectivity index (χ2v) is 7.82. The van der Waals surface area contributed by atoms with Crippen LogP contribution in [0.25, 0.3) is 0 Å². The van der Waals surface area contributed by atoms with Crippen LogP contribution >= 0.6 is 0 Å². The zero-order chi connectivity index (χ0) is 18.2. The van der Waals surface area contributed by atoms with E-state index in [2.05, 4.69) is 6.92 Å². The van der Waals surface area contributed by atoms with E-state index < -0.39 is 5.54 Å². The summed E-state index contributed by atoms with van der Waals surface area (Å²) in [5.74, 6) is 1.56. The van der Waals surface area contributed by atoms with Crippen LogP contribution in [0.15, 0.2) is 24.3 Å². The van der Waals surface area contributed by atoms with Gasteiger partial charge >= 0.3 is 0 Å². The molecule has 1 saturated carbocycles. The highest BCUT2D eigenvalue weighted by Gasteiger charge is 2.48. The van der Waals surface area contributed by atoms with Gasteiger partial charge < -0.3 is 14.5 Å². The van der Waals surface area contributed by atoms with Gasteiger partial charge in [0.05, 0.1) is 12.6 Å². The Morgan fingerprint density at radius 1 is 1.28 bits per heavy atom. The van der Waals surface area contributed by atoms with Crippen molar-refractivity contribution in [3.63, 3.8) is 0 Å². The molecule has 0 spiro atoms. The fourth-order valence-electron chi connectivity index (χ4n) is 4.02. The zero-order valence-corrected chi connectivity index (χ0v) is 15.6. The summed E-state index contributed by atoms with van der Waals surface area (Å²) in [4.78, 5) is 29.2. The molecule has 5 heteroatoms. The minimum absolute atomic E-state index is 0.0255. The highest BCUT2D eigenvalue weighted by molar-refractivity contribution is 5.99. The predicted molar refractivity (Wildman–Crippen MR) is 97.6 cm³/mol. The third-order valence-electron chi connectivity index (χ3n) is 5.30. The normalized spacial score (nSPS) is 25.0. The van der Waals surface area contributed by atoms with E-state index in [0.717, 1.165) is 30.7 Å². The lowest BCUT2D eigenvalue weighted by atomic mass is 9.96. The summed E-state index contributed by atoms with van der Waals surface area (Å²) in [6.45, 7) is 6.93. The van der Waals surface area contributed by atoms with Gasteiger partial charge in [0.25, 0.3) is 0 Å². The van der Waals surface area contributed by atoms with Gasteiger partial charge in [-0.3, -0.25) is 9.59 Å². The largest absolute Gasteiger partial charge is 0.497 e. The monoisotopic (exact) mass is 344 g/mol. The highest BCUT2D eigenvalue weighted by atomic mass is 16.5. The molecular formula is C20H28N2O3. The van der Waals surface area contributed by atoms with Gasteiger partial charge in [-0.05, 0) is 56.9 Å². The molecule has 5 nitrogen and oxygen atoms in total. The molecule has 2 aliphatic rings. The van der Waals surface area contributed by atoms with Crippen molar-refractivity contribution in [3.05, 3.63) is 24.3 Å². The standard InChI is InChI=1S/C20H28N2O3/c1-5-6-14-11-17(14)19(24)21-12-18(23)22(20(2,3)13-21)15-7-9-16(25-4)10-8-15/h7-10,14,17H,5-6,11-13H2,1-4H3/t14-,17+/m0/s1. The van der Waals surface area contributed by atoms with E-state index in [1.165, 1.54) is 0 Å². The van der Waals surface area contributed by atoms with E-state index in [-0.39, 0.29) is 24.3 Å². The molecule has 1 saturated heterocycles. The summed E-state index contributed by atoms with van der Waals surface area (Å²) in [7, 11) is 1.62. The molecule has 1 heterocycles. The van der Waals surface area contributed by atoms with Gasteiger partial charge in [-0.25, -0.2) is 0 Å². The number of anilines is 1. The second-order valence-electron chi connectivity index (χ2n) is 7.82. The number of methoxy groups -OCH3 is 1. The maximum Gasteiger partial charge on any atom is 0.247 e. The molecule has 2 atom stereocenters. The van der Waals surface area contributed by atoms with Crippen molar-refractivity contribution in [1.29, 1.82) is 0 Å². The quantitative estimate of drug-likeness (QED) is 0.825. The van der Waals surface area contributed by atoms with Crippen molar-refractivity contribution in [2.45, 2.75) is 45.6 Å². The summed E-state index contributed by atoms with van der Waals surface area (Å²) in [6, 6.07) is 7.51. The van der Waals surface area contributed by atoms with E-state index in [1.807, 2.05) is 43.0 Å². The molecule has 25 heavy (non-hydrogen) atoms. The lowest BCUT2D eigenvalue weighted by Crippen LogP contribution is -2.63. The van der Waals surface area contributed by atoms with Crippen LogP contribution in [0, 0.1) is 11.8 Å². The van der Waals surface area contributed by atoms with Crippen LogP contribution in [0.3, 0.4) is 0 Å². The summed E-state index contributed by atoms with van der Waals surface area (Å²) in [5.41, 5.74) is 0.410. The fraction of sp³-hybridized carbons (Fsp3) is 0.600. The Morgan fingerprint density at radius 3 is 2.52 bits per heavy atom. The Balaban J connectivity index is 1.73. The molecule has 0 N–H and O–H groups in total. The molecule has 1 aromatic carbocycles. The minimum Gasteiger partial charge on any atom is -0.497 e. The van der Waals surface area contributed by atoms with Crippen LogP contribution in [-0.2, 0) is 9.59 Å². The molecule has 2 fully saturated rings. The number of amides is 2. The Hall–Kier alpha value is -2.04. The van der Waals surface area contributed by atoms with Crippen LogP contribution in [-0.4, -0.2) is 42.5 Å². The average Bonchev–Trinajstić information content (AvgIpc) is 3.33. The first kappa shape index (κ1) is 17.8. The molecule has 3 rings (SSSR count). The molecule has 1 aromatic rings. The number of piperazine rings is 1. The lowest BCUT2D eigenvalue weighted by Gasteiger charge is -2.46. The highest BCUT2D eigenvalue weighted by Crippen LogP contribution is 2.44. The van der Waals surface area contributed by atoms with E-state index in [9.17, 15) is 9.59 Å². The zero-order valence-electron chi connectivity index (χ0n) is 15.6. The summed E-state index contributed by atoms with van der Waals surface area (Å²) in [5, 5.41) is 0. The number of hydrogen-bond acceptors (Lipinski definition) is 3. The molecule has 0 bridgehead atoms. The second kappa shape index (κ2) is 6.70. The first-order chi connectivity index (χ1) is 11.9. The number of rotatable bonds is 5. The Morgan fingerprint density at radius 2 is 1.96 bits per heavy atom. The third-order valence-corrected chi connectivity index (χ3v) is 5.30. The molecule has 0 radical (unpaired) electrons. The maximum atomic E-state index is 12.8. The number of carbonyl (C=O) groups is 2. The van der Waals surface area contributed by atoms with Crippen molar-refractivity contribution in [1.82, 2.24) is 4.90 Å². The number of hydrogen-bond donors (Lipinski definition) is 0.